The van der Waals surface area contributed by atoms with Crippen LogP contribution in [0.3, 0.4) is 0 Å². The van der Waals surface area contributed by atoms with E-state index in [1.807, 2.05) is 24.1 Å². The molecule has 1 aliphatic rings. The number of nitrogens with zero attached hydrogens (tertiary/aromatic N) is 2. The molecule has 0 unspecified atom stereocenters. The van der Waals surface area contributed by atoms with Crippen molar-refractivity contribution in [2.75, 3.05) is 13.2 Å². The van der Waals surface area contributed by atoms with Gasteiger partial charge in [-0.1, -0.05) is 0 Å². The number of nitrogens with one attached hydrogen (secondary N) is 1. The third-order valence-corrected chi connectivity index (χ3v) is 2.90. The van der Waals surface area contributed by atoms with Crippen LogP contribution >= 0.6 is 0 Å². The van der Waals surface area contributed by atoms with E-state index in [-0.39, 0.29) is 0 Å². The van der Waals surface area contributed by atoms with Gasteiger partial charge in [-0.2, -0.15) is 5.10 Å². The SMILES string of the molecule is C[C@@H](NC[C@H]1CCCO1)c1cnn(C)c1. The molecule has 2 heterocycles. The fraction of sp³-hybridized carbons (Fsp3) is 0.727. The predicted molar refractivity (Wildman–Crippen MR) is 58.6 cm³/mol. The van der Waals surface area contributed by atoms with Gasteiger partial charge in [-0.05, 0) is 19.8 Å². The maximum atomic E-state index is 5.56. The third kappa shape index (κ3) is 2.79. The van der Waals surface area contributed by atoms with Crippen molar-refractivity contribution in [1.29, 1.82) is 0 Å². The van der Waals surface area contributed by atoms with Crippen molar-refractivity contribution in [2.45, 2.75) is 31.9 Å². The van der Waals surface area contributed by atoms with Crippen LogP contribution in [0, 0.1) is 0 Å². The maximum absolute atomic E-state index is 5.56. The molecule has 0 radical (unpaired) electrons. The number of hydrogen-bond acceptors (Lipinski definition) is 3. The largest absolute Gasteiger partial charge is 0.377 e. The summed E-state index contributed by atoms with van der Waals surface area (Å²) in [6.45, 7) is 4.02. The van der Waals surface area contributed by atoms with Crippen LogP contribution in [-0.2, 0) is 11.8 Å². The van der Waals surface area contributed by atoms with Crippen molar-refractivity contribution in [2.24, 2.45) is 7.05 Å². The molecule has 0 spiro atoms. The van der Waals surface area contributed by atoms with Crippen LogP contribution in [0.15, 0.2) is 12.4 Å². The summed E-state index contributed by atoms with van der Waals surface area (Å²) in [5.41, 5.74) is 1.23. The van der Waals surface area contributed by atoms with Crippen LogP contribution < -0.4 is 5.32 Å². The summed E-state index contributed by atoms with van der Waals surface area (Å²) in [5.74, 6) is 0. The molecule has 1 N–H and O–H groups in total. The van der Waals surface area contributed by atoms with Gasteiger partial charge in [0.15, 0.2) is 0 Å². The zero-order valence-electron chi connectivity index (χ0n) is 9.44. The summed E-state index contributed by atoms with van der Waals surface area (Å²) in [5, 5.41) is 7.64. The van der Waals surface area contributed by atoms with Gasteiger partial charge in [0.25, 0.3) is 0 Å². The molecule has 1 fully saturated rings. The van der Waals surface area contributed by atoms with Crippen molar-refractivity contribution in [3.8, 4) is 0 Å². The second-order valence-corrected chi connectivity index (χ2v) is 4.21. The lowest BCUT2D eigenvalue weighted by Gasteiger charge is -2.15. The summed E-state index contributed by atoms with van der Waals surface area (Å²) in [7, 11) is 1.94. The molecule has 1 aromatic heterocycles. The first-order valence-corrected chi connectivity index (χ1v) is 5.59. The number of aryl methyl sites for hydroxylation is 1. The van der Waals surface area contributed by atoms with E-state index in [9.17, 15) is 0 Å². The summed E-state index contributed by atoms with van der Waals surface area (Å²) in [6.07, 6.45) is 6.75. The van der Waals surface area contributed by atoms with Crippen LogP contribution in [0.25, 0.3) is 0 Å². The molecule has 2 rings (SSSR count). The average molecular weight is 209 g/mol. The number of hydrogen-bond donors (Lipinski definition) is 1. The average Bonchev–Trinajstić information content (AvgIpc) is 2.84. The highest BCUT2D eigenvalue weighted by Crippen LogP contribution is 2.14. The van der Waals surface area contributed by atoms with Crippen LogP contribution in [0.1, 0.15) is 31.4 Å². The van der Waals surface area contributed by atoms with Crippen LogP contribution in [-0.4, -0.2) is 29.0 Å². The zero-order valence-corrected chi connectivity index (χ0v) is 9.44. The third-order valence-electron chi connectivity index (χ3n) is 2.90. The van der Waals surface area contributed by atoms with Gasteiger partial charge in [0.1, 0.15) is 0 Å². The topological polar surface area (TPSA) is 39.1 Å². The number of ether oxygens (including phenoxy) is 1. The van der Waals surface area contributed by atoms with E-state index >= 15 is 0 Å². The summed E-state index contributed by atoms with van der Waals surface area (Å²) in [6, 6.07) is 0.350. The quantitative estimate of drug-likeness (QED) is 0.811. The molecule has 0 aromatic carbocycles. The first-order valence-electron chi connectivity index (χ1n) is 5.59. The fourth-order valence-corrected chi connectivity index (χ4v) is 1.90. The molecule has 0 aliphatic carbocycles. The lowest BCUT2D eigenvalue weighted by atomic mass is 10.1. The summed E-state index contributed by atoms with van der Waals surface area (Å²) in [4.78, 5) is 0. The van der Waals surface area contributed by atoms with Crippen molar-refractivity contribution in [3.05, 3.63) is 18.0 Å². The standard InChI is InChI=1S/C11H19N3O/c1-9(10-6-13-14(2)8-10)12-7-11-4-3-5-15-11/h6,8-9,11-12H,3-5,7H2,1-2H3/t9-,11-/m1/s1. The molecule has 84 valence electrons. The smallest absolute Gasteiger partial charge is 0.0700 e. The molecule has 4 heteroatoms. The van der Waals surface area contributed by atoms with E-state index < -0.39 is 0 Å². The Morgan fingerprint density at radius 2 is 2.60 bits per heavy atom. The highest BCUT2D eigenvalue weighted by molar-refractivity contribution is 5.08. The van der Waals surface area contributed by atoms with E-state index in [4.69, 9.17) is 4.74 Å². The monoisotopic (exact) mass is 209 g/mol. The minimum atomic E-state index is 0.350. The maximum Gasteiger partial charge on any atom is 0.0700 e. The molecular formula is C11H19N3O. The molecule has 4 nitrogen and oxygen atoms in total. The highest BCUT2D eigenvalue weighted by atomic mass is 16.5. The van der Waals surface area contributed by atoms with Gasteiger partial charge in [-0.15, -0.1) is 0 Å². The van der Waals surface area contributed by atoms with Gasteiger partial charge < -0.3 is 10.1 Å². The van der Waals surface area contributed by atoms with E-state index in [0.29, 0.717) is 12.1 Å². The molecule has 0 amide bonds. The van der Waals surface area contributed by atoms with Gasteiger partial charge >= 0.3 is 0 Å². The normalized spacial score (nSPS) is 23.2. The van der Waals surface area contributed by atoms with Crippen LogP contribution in [0.5, 0.6) is 0 Å². The van der Waals surface area contributed by atoms with E-state index in [2.05, 4.69) is 17.3 Å². The first-order chi connectivity index (χ1) is 7.25. The molecule has 0 saturated carbocycles. The molecular weight excluding hydrogens is 190 g/mol. The zero-order chi connectivity index (χ0) is 10.7. The van der Waals surface area contributed by atoms with Crippen molar-refractivity contribution >= 4 is 0 Å². The molecule has 0 bridgehead atoms. The first kappa shape index (κ1) is 10.6. The Morgan fingerprint density at radius 3 is 3.20 bits per heavy atom. The molecule has 2 atom stereocenters. The van der Waals surface area contributed by atoms with Crippen molar-refractivity contribution in [3.63, 3.8) is 0 Å². The number of rotatable bonds is 4. The lowest BCUT2D eigenvalue weighted by Crippen LogP contribution is -2.28. The number of aromatic nitrogens is 2. The minimum absolute atomic E-state index is 0.350. The minimum Gasteiger partial charge on any atom is -0.377 e. The molecule has 1 saturated heterocycles. The Kier molecular flexibility index (Phi) is 3.38. The van der Waals surface area contributed by atoms with Crippen molar-refractivity contribution < 1.29 is 4.74 Å². The van der Waals surface area contributed by atoms with E-state index in [1.165, 1.54) is 18.4 Å². The molecule has 1 aromatic rings. The Morgan fingerprint density at radius 1 is 1.73 bits per heavy atom. The molecule has 15 heavy (non-hydrogen) atoms. The van der Waals surface area contributed by atoms with Gasteiger partial charge in [-0.3, -0.25) is 4.68 Å². The van der Waals surface area contributed by atoms with Gasteiger partial charge in [0, 0.05) is 38.0 Å². The Bertz CT molecular complexity index is 305. The second-order valence-electron chi connectivity index (χ2n) is 4.21. The van der Waals surface area contributed by atoms with E-state index in [1.54, 1.807) is 0 Å². The second kappa shape index (κ2) is 4.77. The lowest BCUT2D eigenvalue weighted by molar-refractivity contribution is 0.108. The Labute approximate surface area is 90.6 Å². The fourth-order valence-electron chi connectivity index (χ4n) is 1.90. The molecule has 1 aliphatic heterocycles. The van der Waals surface area contributed by atoms with Crippen LogP contribution in [0.2, 0.25) is 0 Å². The Balaban J connectivity index is 1.79. The van der Waals surface area contributed by atoms with Gasteiger partial charge in [0.2, 0.25) is 0 Å². The van der Waals surface area contributed by atoms with Gasteiger partial charge in [-0.25, -0.2) is 0 Å². The van der Waals surface area contributed by atoms with E-state index in [0.717, 1.165) is 13.2 Å². The Hall–Kier alpha value is -0.870. The highest BCUT2D eigenvalue weighted by Gasteiger charge is 2.16. The van der Waals surface area contributed by atoms with Gasteiger partial charge in [0.05, 0.1) is 12.3 Å². The summed E-state index contributed by atoms with van der Waals surface area (Å²) < 4.78 is 7.39. The van der Waals surface area contributed by atoms with Crippen LogP contribution in [0.4, 0.5) is 0 Å². The van der Waals surface area contributed by atoms with Crippen molar-refractivity contribution in [1.82, 2.24) is 15.1 Å². The summed E-state index contributed by atoms with van der Waals surface area (Å²) >= 11 is 0. The predicted octanol–water partition coefficient (Wildman–Crippen LogP) is 1.25.